The van der Waals surface area contributed by atoms with E-state index in [2.05, 4.69) is 0 Å². The summed E-state index contributed by atoms with van der Waals surface area (Å²) in [5.74, 6) is -0.0907. The van der Waals surface area contributed by atoms with E-state index in [0.717, 1.165) is 6.26 Å². The molecule has 0 bridgehead atoms. The van der Waals surface area contributed by atoms with Crippen molar-refractivity contribution in [3.63, 3.8) is 0 Å². The van der Waals surface area contributed by atoms with Crippen LogP contribution in [-0.4, -0.2) is 50.8 Å². The van der Waals surface area contributed by atoms with E-state index in [0.29, 0.717) is 18.7 Å². The van der Waals surface area contributed by atoms with Crippen LogP contribution in [0.1, 0.15) is 24.2 Å². The third-order valence-corrected chi connectivity index (χ3v) is 4.36. The summed E-state index contributed by atoms with van der Waals surface area (Å²) in [6, 6.07) is 6.05. The van der Waals surface area contributed by atoms with E-state index in [4.69, 9.17) is 4.74 Å². The highest BCUT2D eigenvalue weighted by atomic mass is 32.2. The lowest BCUT2D eigenvalue weighted by molar-refractivity contribution is -0.0586. The van der Waals surface area contributed by atoms with Crippen LogP contribution in [0.2, 0.25) is 0 Å². The predicted octanol–water partition coefficient (Wildman–Crippen LogP) is 1.34. The standard InChI is InChI=1S/C14H19NO4S/c1-10-8-15(9-11(2)19-10)14(16)12-4-6-13(7-5-12)20(3,17)18/h4-7,10-11H,8-9H2,1-3H3/t10-,11-/m1/s1. The van der Waals surface area contributed by atoms with Gasteiger partial charge >= 0.3 is 0 Å². The fraction of sp³-hybridized carbons (Fsp3) is 0.500. The number of sulfone groups is 1. The Bertz CT molecular complexity index is 584. The zero-order valence-electron chi connectivity index (χ0n) is 11.9. The fourth-order valence-corrected chi connectivity index (χ4v) is 3.00. The molecule has 1 aliphatic rings. The van der Waals surface area contributed by atoms with Crippen molar-refractivity contribution in [3.8, 4) is 0 Å². The molecule has 0 radical (unpaired) electrons. The van der Waals surface area contributed by atoms with Gasteiger partial charge in [-0.2, -0.15) is 0 Å². The summed E-state index contributed by atoms with van der Waals surface area (Å²) in [6.45, 7) is 4.97. The molecular weight excluding hydrogens is 278 g/mol. The molecule has 5 nitrogen and oxygen atoms in total. The van der Waals surface area contributed by atoms with Gasteiger partial charge in [0.15, 0.2) is 9.84 Å². The average molecular weight is 297 g/mol. The zero-order valence-corrected chi connectivity index (χ0v) is 12.7. The molecular formula is C14H19NO4S. The second kappa shape index (κ2) is 5.54. The summed E-state index contributed by atoms with van der Waals surface area (Å²) < 4.78 is 28.4. The molecule has 1 aliphatic heterocycles. The molecule has 1 saturated heterocycles. The van der Waals surface area contributed by atoms with Crippen LogP contribution in [0.3, 0.4) is 0 Å². The summed E-state index contributed by atoms with van der Waals surface area (Å²) in [5, 5.41) is 0. The largest absolute Gasteiger partial charge is 0.372 e. The second-order valence-electron chi connectivity index (χ2n) is 5.26. The van der Waals surface area contributed by atoms with Crippen molar-refractivity contribution >= 4 is 15.7 Å². The van der Waals surface area contributed by atoms with Crippen molar-refractivity contribution in [3.05, 3.63) is 29.8 Å². The van der Waals surface area contributed by atoms with E-state index < -0.39 is 9.84 Å². The van der Waals surface area contributed by atoms with E-state index in [9.17, 15) is 13.2 Å². The van der Waals surface area contributed by atoms with E-state index in [1.165, 1.54) is 12.1 Å². The van der Waals surface area contributed by atoms with Gasteiger partial charge in [-0.15, -0.1) is 0 Å². The number of hydrogen-bond acceptors (Lipinski definition) is 4. The van der Waals surface area contributed by atoms with Gasteiger partial charge in [-0.3, -0.25) is 4.79 Å². The van der Waals surface area contributed by atoms with Gasteiger partial charge < -0.3 is 9.64 Å². The Morgan fingerprint density at radius 2 is 1.65 bits per heavy atom. The number of nitrogens with zero attached hydrogens (tertiary/aromatic N) is 1. The van der Waals surface area contributed by atoms with Crippen LogP contribution in [0.25, 0.3) is 0 Å². The number of rotatable bonds is 2. The van der Waals surface area contributed by atoms with E-state index >= 15 is 0 Å². The first kappa shape index (κ1) is 15.0. The molecule has 6 heteroatoms. The molecule has 1 aromatic carbocycles. The first-order valence-corrected chi connectivity index (χ1v) is 8.41. The highest BCUT2D eigenvalue weighted by Crippen LogP contribution is 2.16. The van der Waals surface area contributed by atoms with E-state index in [1.54, 1.807) is 17.0 Å². The maximum Gasteiger partial charge on any atom is 0.254 e. The Balaban J connectivity index is 2.17. The van der Waals surface area contributed by atoms with Crippen LogP contribution in [0.5, 0.6) is 0 Å². The van der Waals surface area contributed by atoms with Gasteiger partial charge in [-0.25, -0.2) is 8.42 Å². The predicted molar refractivity (Wildman–Crippen MR) is 75.5 cm³/mol. The molecule has 0 aliphatic carbocycles. The molecule has 2 rings (SSSR count). The molecule has 0 aromatic heterocycles. The lowest BCUT2D eigenvalue weighted by Crippen LogP contribution is -2.48. The molecule has 1 fully saturated rings. The Hall–Kier alpha value is -1.40. The molecule has 110 valence electrons. The third kappa shape index (κ3) is 3.37. The first-order chi connectivity index (χ1) is 9.27. The number of hydrogen-bond donors (Lipinski definition) is 0. The third-order valence-electron chi connectivity index (χ3n) is 3.24. The monoisotopic (exact) mass is 297 g/mol. The van der Waals surface area contributed by atoms with Crippen molar-refractivity contribution < 1.29 is 17.9 Å². The van der Waals surface area contributed by atoms with Crippen molar-refractivity contribution in [2.24, 2.45) is 0 Å². The van der Waals surface area contributed by atoms with Crippen molar-refractivity contribution in [2.45, 2.75) is 31.0 Å². The summed E-state index contributed by atoms with van der Waals surface area (Å²) >= 11 is 0. The molecule has 0 N–H and O–H groups in total. The molecule has 0 spiro atoms. The lowest BCUT2D eigenvalue weighted by Gasteiger charge is -2.35. The number of carbonyl (C=O) groups excluding carboxylic acids is 1. The van der Waals surface area contributed by atoms with Crippen LogP contribution < -0.4 is 0 Å². The van der Waals surface area contributed by atoms with E-state index in [1.807, 2.05) is 13.8 Å². The summed E-state index contributed by atoms with van der Waals surface area (Å²) in [7, 11) is -3.23. The average Bonchev–Trinajstić information content (AvgIpc) is 2.36. The molecule has 1 heterocycles. The smallest absolute Gasteiger partial charge is 0.254 e. The quantitative estimate of drug-likeness (QED) is 0.826. The lowest BCUT2D eigenvalue weighted by atomic mass is 10.1. The summed E-state index contributed by atoms with van der Waals surface area (Å²) in [4.78, 5) is 14.3. The molecule has 0 saturated carbocycles. The topological polar surface area (TPSA) is 63.7 Å². The normalized spacial score (nSPS) is 23.6. The number of amides is 1. The Morgan fingerprint density at radius 1 is 1.15 bits per heavy atom. The van der Waals surface area contributed by atoms with Gasteiger partial charge in [0.25, 0.3) is 5.91 Å². The zero-order chi connectivity index (χ0) is 14.9. The van der Waals surface area contributed by atoms with Gasteiger partial charge in [-0.05, 0) is 38.1 Å². The molecule has 2 atom stereocenters. The van der Waals surface area contributed by atoms with Crippen molar-refractivity contribution in [1.82, 2.24) is 4.90 Å². The number of ether oxygens (including phenoxy) is 1. The van der Waals surface area contributed by atoms with Crippen LogP contribution >= 0.6 is 0 Å². The second-order valence-corrected chi connectivity index (χ2v) is 7.28. The summed E-state index contributed by atoms with van der Waals surface area (Å²) in [5.41, 5.74) is 0.499. The highest BCUT2D eigenvalue weighted by Gasteiger charge is 2.26. The van der Waals surface area contributed by atoms with E-state index in [-0.39, 0.29) is 23.0 Å². The van der Waals surface area contributed by atoms with Gasteiger partial charge in [0.1, 0.15) is 0 Å². The molecule has 1 amide bonds. The molecule has 1 aromatic rings. The molecule has 0 unspecified atom stereocenters. The van der Waals surface area contributed by atoms with Crippen LogP contribution in [0, 0.1) is 0 Å². The Morgan fingerprint density at radius 3 is 2.10 bits per heavy atom. The first-order valence-electron chi connectivity index (χ1n) is 6.52. The maximum absolute atomic E-state index is 12.4. The van der Waals surface area contributed by atoms with Gasteiger partial charge in [0, 0.05) is 24.9 Å². The highest BCUT2D eigenvalue weighted by molar-refractivity contribution is 7.90. The minimum Gasteiger partial charge on any atom is -0.372 e. The Labute approximate surface area is 119 Å². The number of benzene rings is 1. The SMILES string of the molecule is C[C@@H]1CN(C(=O)c2ccc(S(C)(=O)=O)cc2)C[C@@H](C)O1. The van der Waals surface area contributed by atoms with Crippen LogP contribution in [-0.2, 0) is 14.6 Å². The minimum atomic E-state index is -3.23. The van der Waals surface area contributed by atoms with Crippen LogP contribution in [0.4, 0.5) is 0 Å². The van der Waals surface area contributed by atoms with Gasteiger partial charge in [0.2, 0.25) is 0 Å². The maximum atomic E-state index is 12.4. The van der Waals surface area contributed by atoms with Crippen molar-refractivity contribution in [1.29, 1.82) is 0 Å². The van der Waals surface area contributed by atoms with Gasteiger partial charge in [-0.1, -0.05) is 0 Å². The van der Waals surface area contributed by atoms with Crippen molar-refractivity contribution in [2.75, 3.05) is 19.3 Å². The fourth-order valence-electron chi connectivity index (χ4n) is 2.37. The van der Waals surface area contributed by atoms with Gasteiger partial charge in [0.05, 0.1) is 17.1 Å². The number of carbonyl (C=O) groups is 1. The number of morpholine rings is 1. The minimum absolute atomic E-state index is 0.0120. The van der Waals surface area contributed by atoms with Crippen LogP contribution in [0.15, 0.2) is 29.2 Å². The summed E-state index contributed by atoms with van der Waals surface area (Å²) in [6.07, 6.45) is 1.17. The molecule has 20 heavy (non-hydrogen) atoms. The Kier molecular flexibility index (Phi) is 4.15.